The second kappa shape index (κ2) is 7.46. The Morgan fingerprint density at radius 3 is 2.71 bits per heavy atom. The van der Waals surface area contributed by atoms with E-state index in [4.69, 9.17) is 0 Å². The third kappa shape index (κ3) is 3.97. The topological polar surface area (TPSA) is 43.8 Å². The average Bonchev–Trinajstić information content (AvgIpc) is 2.54. The normalized spacial score (nSPS) is 18.6. The fraction of sp³-hybridized carbons (Fsp3) is 0.588. The Hall–Kier alpha value is -1.55. The summed E-state index contributed by atoms with van der Waals surface area (Å²) in [6.07, 6.45) is 3.10. The number of rotatable bonds is 5. The fourth-order valence-corrected chi connectivity index (χ4v) is 2.90. The number of likely N-dealkylation sites (tertiary alicyclic amines) is 1. The van der Waals surface area contributed by atoms with Crippen molar-refractivity contribution in [3.63, 3.8) is 0 Å². The zero-order chi connectivity index (χ0) is 15.2. The van der Waals surface area contributed by atoms with Gasteiger partial charge in [-0.05, 0) is 49.4 Å². The number of carbonyl (C=O) groups excluding carboxylic acids is 1. The Labute approximate surface area is 127 Å². The van der Waals surface area contributed by atoms with Crippen LogP contribution in [0.25, 0.3) is 0 Å². The Kier molecular flexibility index (Phi) is 5.62. The van der Waals surface area contributed by atoms with Crippen LogP contribution in [0.5, 0.6) is 0 Å². The molecule has 1 unspecified atom stereocenters. The van der Waals surface area contributed by atoms with E-state index in [1.54, 1.807) is 0 Å². The van der Waals surface area contributed by atoms with Crippen LogP contribution in [0.15, 0.2) is 24.3 Å². The maximum absolute atomic E-state index is 12.5. The lowest BCUT2D eigenvalue weighted by atomic mass is 9.98. The van der Waals surface area contributed by atoms with E-state index in [0.717, 1.165) is 43.6 Å². The number of piperidine rings is 1. The monoisotopic (exact) mass is 290 g/mol. The maximum atomic E-state index is 12.5. The van der Waals surface area contributed by atoms with Crippen LogP contribution < -0.4 is 4.90 Å². The van der Waals surface area contributed by atoms with Crippen LogP contribution in [-0.4, -0.2) is 49.2 Å². The number of hydrogen-bond acceptors (Lipinski definition) is 3. The van der Waals surface area contributed by atoms with Gasteiger partial charge in [0, 0.05) is 44.5 Å². The van der Waals surface area contributed by atoms with Gasteiger partial charge in [-0.3, -0.25) is 4.79 Å². The Balaban J connectivity index is 2.02. The number of aliphatic hydroxyl groups is 1. The average molecular weight is 290 g/mol. The molecule has 0 saturated carbocycles. The Morgan fingerprint density at radius 1 is 1.38 bits per heavy atom. The van der Waals surface area contributed by atoms with Crippen LogP contribution in [0.3, 0.4) is 0 Å². The second-order valence-electron chi connectivity index (χ2n) is 5.91. The smallest absolute Gasteiger partial charge is 0.253 e. The van der Waals surface area contributed by atoms with Gasteiger partial charge in [0.25, 0.3) is 5.91 Å². The maximum Gasteiger partial charge on any atom is 0.253 e. The molecule has 1 amide bonds. The molecule has 0 aromatic heterocycles. The molecule has 4 nitrogen and oxygen atoms in total. The molecule has 4 heteroatoms. The molecule has 1 heterocycles. The molecule has 1 N–H and O–H groups in total. The predicted octanol–water partition coefficient (Wildman–Crippen LogP) is 2.38. The first-order valence-corrected chi connectivity index (χ1v) is 7.87. The lowest BCUT2D eigenvalue weighted by molar-refractivity contribution is 0.0621. The molecule has 1 atom stereocenters. The van der Waals surface area contributed by atoms with Gasteiger partial charge in [0.05, 0.1) is 0 Å². The lowest BCUT2D eigenvalue weighted by Crippen LogP contribution is -2.40. The Morgan fingerprint density at radius 2 is 2.10 bits per heavy atom. The van der Waals surface area contributed by atoms with Crippen LogP contribution in [0, 0.1) is 5.92 Å². The molecule has 1 aliphatic heterocycles. The van der Waals surface area contributed by atoms with Crippen molar-refractivity contribution in [2.45, 2.75) is 26.2 Å². The molecule has 0 radical (unpaired) electrons. The molecule has 2 rings (SSSR count). The molecule has 1 aromatic rings. The van der Waals surface area contributed by atoms with Gasteiger partial charge in [0.15, 0.2) is 0 Å². The first-order chi connectivity index (χ1) is 10.2. The van der Waals surface area contributed by atoms with Crippen LogP contribution in [0.2, 0.25) is 0 Å². The van der Waals surface area contributed by atoms with E-state index in [1.807, 2.05) is 29.2 Å². The van der Waals surface area contributed by atoms with Gasteiger partial charge in [0.2, 0.25) is 0 Å². The molecule has 0 aliphatic carbocycles. The van der Waals surface area contributed by atoms with Gasteiger partial charge in [-0.25, -0.2) is 0 Å². The number of aliphatic hydroxyl groups excluding tert-OH is 1. The summed E-state index contributed by atoms with van der Waals surface area (Å²) in [5.74, 6) is 0.315. The molecule has 0 spiro atoms. The summed E-state index contributed by atoms with van der Waals surface area (Å²) >= 11 is 0. The van der Waals surface area contributed by atoms with Crippen LogP contribution in [0.1, 0.15) is 36.5 Å². The number of nitrogens with zero attached hydrogens (tertiary/aromatic N) is 2. The minimum absolute atomic E-state index is 0.0813. The zero-order valence-corrected chi connectivity index (χ0v) is 13.1. The van der Waals surface area contributed by atoms with Gasteiger partial charge in [-0.2, -0.15) is 0 Å². The van der Waals surface area contributed by atoms with Crippen molar-refractivity contribution in [3.8, 4) is 0 Å². The summed E-state index contributed by atoms with van der Waals surface area (Å²) in [5.41, 5.74) is 1.88. The standard InChI is InChI=1S/C17H26N2O2/c1-3-10-18(2)16-8-6-15(7-9-16)17(21)19-11-4-5-14(12-19)13-20/h6-9,14,20H,3-5,10-13H2,1-2H3. The summed E-state index contributed by atoms with van der Waals surface area (Å²) in [6.45, 7) is 4.81. The second-order valence-corrected chi connectivity index (χ2v) is 5.91. The summed E-state index contributed by atoms with van der Waals surface area (Å²) in [6, 6.07) is 7.84. The van der Waals surface area contributed by atoms with Crippen molar-refractivity contribution in [2.24, 2.45) is 5.92 Å². The third-order valence-electron chi connectivity index (χ3n) is 4.18. The zero-order valence-electron chi connectivity index (χ0n) is 13.1. The van der Waals surface area contributed by atoms with Crippen LogP contribution >= 0.6 is 0 Å². The minimum atomic E-state index is 0.0813. The van der Waals surface area contributed by atoms with Gasteiger partial charge in [0.1, 0.15) is 0 Å². The van der Waals surface area contributed by atoms with Crippen LogP contribution in [0.4, 0.5) is 5.69 Å². The van der Waals surface area contributed by atoms with E-state index >= 15 is 0 Å². The molecular formula is C17H26N2O2. The summed E-state index contributed by atoms with van der Waals surface area (Å²) in [7, 11) is 2.07. The first-order valence-electron chi connectivity index (χ1n) is 7.87. The van der Waals surface area contributed by atoms with Crippen molar-refractivity contribution in [3.05, 3.63) is 29.8 Å². The number of carbonyl (C=O) groups is 1. The van der Waals surface area contributed by atoms with Crippen LogP contribution in [-0.2, 0) is 0 Å². The molecule has 21 heavy (non-hydrogen) atoms. The number of amides is 1. The molecular weight excluding hydrogens is 264 g/mol. The van der Waals surface area contributed by atoms with Crippen molar-refractivity contribution >= 4 is 11.6 Å². The van der Waals surface area contributed by atoms with Crippen molar-refractivity contribution in [1.82, 2.24) is 4.90 Å². The highest BCUT2D eigenvalue weighted by atomic mass is 16.3. The van der Waals surface area contributed by atoms with E-state index in [0.29, 0.717) is 6.54 Å². The molecule has 0 bridgehead atoms. The Bertz CT molecular complexity index is 458. The largest absolute Gasteiger partial charge is 0.396 e. The highest BCUT2D eigenvalue weighted by Gasteiger charge is 2.23. The van der Waals surface area contributed by atoms with E-state index in [2.05, 4.69) is 18.9 Å². The third-order valence-corrected chi connectivity index (χ3v) is 4.18. The van der Waals surface area contributed by atoms with E-state index in [1.165, 1.54) is 0 Å². The first kappa shape index (κ1) is 15.8. The highest BCUT2D eigenvalue weighted by Crippen LogP contribution is 2.20. The van der Waals surface area contributed by atoms with E-state index < -0.39 is 0 Å². The van der Waals surface area contributed by atoms with Gasteiger partial charge >= 0.3 is 0 Å². The van der Waals surface area contributed by atoms with Gasteiger partial charge in [-0.1, -0.05) is 6.92 Å². The van der Waals surface area contributed by atoms with Crippen molar-refractivity contribution in [2.75, 3.05) is 38.2 Å². The summed E-state index contributed by atoms with van der Waals surface area (Å²) in [5, 5.41) is 9.27. The summed E-state index contributed by atoms with van der Waals surface area (Å²) in [4.78, 5) is 16.6. The summed E-state index contributed by atoms with van der Waals surface area (Å²) < 4.78 is 0. The number of benzene rings is 1. The molecule has 1 aromatic carbocycles. The molecule has 1 saturated heterocycles. The lowest BCUT2D eigenvalue weighted by Gasteiger charge is -2.32. The minimum Gasteiger partial charge on any atom is -0.396 e. The molecule has 1 aliphatic rings. The molecule has 1 fully saturated rings. The van der Waals surface area contributed by atoms with Crippen molar-refractivity contribution < 1.29 is 9.90 Å². The van der Waals surface area contributed by atoms with Crippen molar-refractivity contribution in [1.29, 1.82) is 0 Å². The number of hydrogen-bond donors (Lipinski definition) is 1. The predicted molar refractivity (Wildman–Crippen MR) is 85.7 cm³/mol. The quantitative estimate of drug-likeness (QED) is 0.905. The van der Waals surface area contributed by atoms with E-state index in [9.17, 15) is 9.90 Å². The van der Waals surface area contributed by atoms with Gasteiger partial charge in [-0.15, -0.1) is 0 Å². The fourth-order valence-electron chi connectivity index (χ4n) is 2.90. The van der Waals surface area contributed by atoms with E-state index in [-0.39, 0.29) is 18.4 Å². The highest BCUT2D eigenvalue weighted by molar-refractivity contribution is 5.94. The number of anilines is 1. The SMILES string of the molecule is CCCN(C)c1ccc(C(=O)N2CCCC(CO)C2)cc1. The van der Waals surface area contributed by atoms with Gasteiger partial charge < -0.3 is 14.9 Å². The molecule has 116 valence electrons.